The van der Waals surface area contributed by atoms with Crippen LogP contribution in [-0.2, 0) is 6.18 Å². The molecule has 4 heterocycles. The van der Waals surface area contributed by atoms with Crippen LogP contribution in [0.3, 0.4) is 0 Å². The average molecular weight is 587 g/mol. The largest absolute Gasteiger partial charge is 0.473 e. The number of halogens is 3. The maximum atomic E-state index is 13.9. The molecule has 0 radical (unpaired) electrons. The number of alkyl halides is 3. The van der Waals surface area contributed by atoms with Crippen LogP contribution in [0.2, 0.25) is 0 Å². The highest BCUT2D eigenvalue weighted by Gasteiger charge is 2.39. The van der Waals surface area contributed by atoms with Crippen LogP contribution in [0.4, 0.5) is 13.2 Å². The van der Waals surface area contributed by atoms with Gasteiger partial charge in [-0.3, -0.25) is 23.4 Å². The summed E-state index contributed by atoms with van der Waals surface area (Å²) in [4.78, 5) is 45.6. The smallest absolute Gasteiger partial charge is 0.450 e. The van der Waals surface area contributed by atoms with Crippen LogP contribution >= 0.6 is 11.3 Å². The molecule has 3 N–H and O–H groups in total. The summed E-state index contributed by atoms with van der Waals surface area (Å²) in [6, 6.07) is 6.91. The molecular formula is C27H25F3N6O4S. The van der Waals surface area contributed by atoms with Crippen LogP contribution in [0.25, 0.3) is 11.2 Å². The Balaban J connectivity index is 1.17. The molecule has 41 heavy (non-hydrogen) atoms. The van der Waals surface area contributed by atoms with Crippen molar-refractivity contribution in [1.29, 1.82) is 0 Å². The molecule has 6 rings (SSSR count). The van der Waals surface area contributed by atoms with Crippen molar-refractivity contribution in [2.75, 3.05) is 0 Å². The molecule has 0 aromatic carbocycles. The molecule has 2 saturated carbocycles. The van der Waals surface area contributed by atoms with Crippen molar-refractivity contribution >= 4 is 28.7 Å². The number of ether oxygens (including phenoxy) is 1. The van der Waals surface area contributed by atoms with Crippen LogP contribution in [-0.4, -0.2) is 42.9 Å². The van der Waals surface area contributed by atoms with Gasteiger partial charge >= 0.3 is 6.18 Å². The van der Waals surface area contributed by atoms with Crippen molar-refractivity contribution in [2.45, 2.75) is 62.8 Å². The third-order valence-corrected chi connectivity index (χ3v) is 8.46. The third-order valence-electron chi connectivity index (χ3n) is 7.24. The Morgan fingerprint density at radius 3 is 2.46 bits per heavy atom. The molecule has 2 fully saturated rings. The number of carbonyl (C=O) groups excluding carboxylic acids is 2. The second-order valence-corrected chi connectivity index (χ2v) is 11.3. The maximum absolute atomic E-state index is 13.9. The fourth-order valence-corrected chi connectivity index (χ4v) is 6.05. The second kappa shape index (κ2) is 10.3. The van der Waals surface area contributed by atoms with Crippen molar-refractivity contribution in [3.63, 3.8) is 0 Å². The Morgan fingerprint density at radius 2 is 1.80 bits per heavy atom. The van der Waals surface area contributed by atoms with E-state index < -0.39 is 29.4 Å². The lowest BCUT2D eigenvalue weighted by Gasteiger charge is -2.29. The van der Waals surface area contributed by atoms with E-state index in [-0.39, 0.29) is 34.9 Å². The number of hydrogen-bond donors (Lipinski definition) is 2. The van der Waals surface area contributed by atoms with Gasteiger partial charge in [0.05, 0.1) is 11.2 Å². The second-order valence-electron chi connectivity index (χ2n) is 10.2. The van der Waals surface area contributed by atoms with Crippen LogP contribution in [0.15, 0.2) is 47.5 Å². The number of pyridine rings is 2. The number of nitrogens with two attached hydrogens (primary N) is 1. The fraction of sp³-hybridized carbons (Fsp3) is 0.370. The maximum Gasteiger partial charge on any atom is 0.450 e. The molecule has 214 valence electrons. The van der Waals surface area contributed by atoms with Gasteiger partial charge < -0.3 is 15.8 Å². The minimum atomic E-state index is -4.84. The average Bonchev–Trinajstić information content (AvgIpc) is 3.57. The number of aromatic nitrogens is 4. The van der Waals surface area contributed by atoms with Gasteiger partial charge in [0.1, 0.15) is 11.1 Å². The van der Waals surface area contributed by atoms with Crippen LogP contribution in [0.5, 0.6) is 5.88 Å². The molecule has 0 atom stereocenters. The molecule has 2 amide bonds. The summed E-state index contributed by atoms with van der Waals surface area (Å²) >= 11 is 1.26. The number of hydrogen-bond acceptors (Lipinski definition) is 7. The molecule has 2 aliphatic carbocycles. The van der Waals surface area contributed by atoms with E-state index in [1.165, 1.54) is 46.4 Å². The predicted octanol–water partition coefficient (Wildman–Crippen LogP) is 4.06. The van der Waals surface area contributed by atoms with E-state index in [0.29, 0.717) is 36.5 Å². The first-order valence-electron chi connectivity index (χ1n) is 13.1. The number of primary amides is 1. The number of imidazole rings is 1. The van der Waals surface area contributed by atoms with Crippen molar-refractivity contribution in [3.8, 4) is 11.6 Å². The topological polar surface area (TPSA) is 134 Å². The van der Waals surface area contributed by atoms with Crippen molar-refractivity contribution in [1.82, 2.24) is 24.3 Å². The number of fused-ring (bicyclic) bond motifs is 1. The summed E-state index contributed by atoms with van der Waals surface area (Å²) in [7, 11) is 0. The van der Waals surface area contributed by atoms with Crippen LogP contribution in [0.1, 0.15) is 75.4 Å². The van der Waals surface area contributed by atoms with E-state index in [0.717, 1.165) is 28.4 Å². The van der Waals surface area contributed by atoms with Gasteiger partial charge in [0.25, 0.3) is 17.4 Å². The van der Waals surface area contributed by atoms with Crippen molar-refractivity contribution in [2.24, 2.45) is 5.73 Å². The zero-order valence-electron chi connectivity index (χ0n) is 21.6. The number of nitrogens with one attached hydrogen (secondary N) is 1. The molecular weight excluding hydrogens is 561 g/mol. The molecule has 0 unspecified atom stereocenters. The zero-order valence-corrected chi connectivity index (χ0v) is 22.4. The molecule has 0 aliphatic heterocycles. The predicted molar refractivity (Wildman–Crippen MR) is 143 cm³/mol. The molecule has 0 bridgehead atoms. The Hall–Kier alpha value is -4.20. The van der Waals surface area contributed by atoms with E-state index in [1.54, 1.807) is 6.07 Å². The van der Waals surface area contributed by atoms with Crippen molar-refractivity contribution in [3.05, 3.63) is 74.5 Å². The minimum Gasteiger partial charge on any atom is -0.473 e. The number of carbonyl (C=O) groups is 2. The summed E-state index contributed by atoms with van der Waals surface area (Å²) in [5.41, 5.74) is 4.90. The first-order chi connectivity index (χ1) is 19.6. The quantitative estimate of drug-likeness (QED) is 0.336. The van der Waals surface area contributed by atoms with E-state index in [2.05, 4.69) is 15.3 Å². The summed E-state index contributed by atoms with van der Waals surface area (Å²) in [5, 5.41) is 3.66. The first-order valence-corrected chi connectivity index (χ1v) is 14.0. The SMILES string of the molecule is NC(=O)c1sc(C2CC2)nc1O[C@H]1CC[C@H](NC(=O)c2nc(C(F)(F)F)n3cc(-n4ccccc4=O)ccc23)CC1. The number of nitrogens with zero attached hydrogens (tertiary/aromatic N) is 4. The highest BCUT2D eigenvalue weighted by Crippen LogP contribution is 2.44. The third kappa shape index (κ3) is 5.43. The van der Waals surface area contributed by atoms with Gasteiger partial charge in [-0.2, -0.15) is 13.2 Å². The molecule has 2 aliphatic rings. The van der Waals surface area contributed by atoms with Gasteiger partial charge in [-0.25, -0.2) is 9.97 Å². The lowest BCUT2D eigenvalue weighted by atomic mass is 9.93. The van der Waals surface area contributed by atoms with Gasteiger partial charge in [0.2, 0.25) is 11.7 Å². The summed E-state index contributed by atoms with van der Waals surface area (Å²) in [5.74, 6) is -1.97. The van der Waals surface area contributed by atoms with E-state index in [1.807, 2.05) is 0 Å². The number of thiazole rings is 1. The van der Waals surface area contributed by atoms with Gasteiger partial charge in [-0.15, -0.1) is 11.3 Å². The number of amides is 2. The fourth-order valence-electron chi connectivity index (χ4n) is 5.02. The highest BCUT2D eigenvalue weighted by molar-refractivity contribution is 7.14. The molecule has 0 spiro atoms. The van der Waals surface area contributed by atoms with E-state index in [9.17, 15) is 27.6 Å². The van der Waals surface area contributed by atoms with Gasteiger partial charge in [0.15, 0.2) is 10.6 Å². The van der Waals surface area contributed by atoms with Crippen LogP contribution in [0, 0.1) is 0 Å². The zero-order chi connectivity index (χ0) is 28.9. The Morgan fingerprint density at radius 1 is 1.05 bits per heavy atom. The van der Waals surface area contributed by atoms with E-state index in [4.69, 9.17) is 10.5 Å². The number of rotatable bonds is 7. The molecule has 0 saturated heterocycles. The lowest BCUT2D eigenvalue weighted by Crippen LogP contribution is -2.40. The summed E-state index contributed by atoms with van der Waals surface area (Å²) in [6.07, 6.45) is 1.69. The lowest BCUT2D eigenvalue weighted by molar-refractivity contribution is -0.145. The van der Waals surface area contributed by atoms with Gasteiger partial charge in [-0.05, 0) is 56.7 Å². The summed E-state index contributed by atoms with van der Waals surface area (Å²) in [6.45, 7) is 0. The summed E-state index contributed by atoms with van der Waals surface area (Å²) < 4.78 is 49.7. The molecule has 4 aromatic heterocycles. The van der Waals surface area contributed by atoms with E-state index >= 15 is 0 Å². The molecule has 14 heteroatoms. The Bertz CT molecular complexity index is 1700. The van der Waals surface area contributed by atoms with Gasteiger partial charge in [-0.1, -0.05) is 6.07 Å². The van der Waals surface area contributed by atoms with Crippen molar-refractivity contribution < 1.29 is 27.5 Å². The monoisotopic (exact) mass is 586 g/mol. The normalized spacial score (nSPS) is 19.3. The molecule has 4 aromatic rings. The minimum absolute atomic E-state index is 0.0337. The van der Waals surface area contributed by atoms with Crippen LogP contribution < -0.4 is 21.3 Å². The standard InChI is InChI=1S/C27H25F3N6O4S/c28-27(29,30)26-33-20(18-11-8-16(13-36(18)26)35-12-2-1-3-19(35)37)23(39)32-15-6-9-17(10-7-15)40-24-21(22(31)38)41-25(34-24)14-4-5-14/h1-3,8,11-15,17H,4-7,9-10H2,(H2,31,38)(H,32,39)/t15-,17-. The highest BCUT2D eigenvalue weighted by atomic mass is 32.1. The Kier molecular flexibility index (Phi) is 6.80. The Labute approximate surface area is 235 Å². The van der Waals surface area contributed by atoms with Gasteiger partial charge in [0, 0.05) is 30.4 Å². The molecule has 10 nitrogen and oxygen atoms in total. The first kappa shape index (κ1) is 27.0.